The van der Waals surface area contributed by atoms with Crippen LogP contribution in [0.25, 0.3) is 0 Å². The van der Waals surface area contributed by atoms with Crippen molar-refractivity contribution in [2.75, 3.05) is 0 Å². The lowest BCUT2D eigenvalue weighted by Crippen LogP contribution is -2.11. The second-order valence-electron chi connectivity index (χ2n) is 4.59. The second kappa shape index (κ2) is 5.47. The van der Waals surface area contributed by atoms with Crippen LogP contribution in [0.3, 0.4) is 0 Å². The molecule has 13 heavy (non-hydrogen) atoms. The van der Waals surface area contributed by atoms with E-state index in [2.05, 4.69) is 26.8 Å². The van der Waals surface area contributed by atoms with Crippen LogP contribution in [0, 0.1) is 11.8 Å². The van der Waals surface area contributed by atoms with Gasteiger partial charge in [0, 0.05) is 0 Å². The summed E-state index contributed by atoms with van der Waals surface area (Å²) >= 11 is 0. The van der Waals surface area contributed by atoms with Gasteiger partial charge in [0.15, 0.2) is 0 Å². The Labute approximate surface area is 83.4 Å². The van der Waals surface area contributed by atoms with Gasteiger partial charge in [0.2, 0.25) is 0 Å². The largest absolute Gasteiger partial charge is 0.0853 e. The predicted octanol–water partition coefficient (Wildman–Crippen LogP) is 4.56. The van der Waals surface area contributed by atoms with Gasteiger partial charge in [0.05, 0.1) is 0 Å². The molecule has 0 N–H and O–H groups in total. The van der Waals surface area contributed by atoms with Gasteiger partial charge in [-0.25, -0.2) is 0 Å². The van der Waals surface area contributed by atoms with Gasteiger partial charge in [0.1, 0.15) is 0 Å². The fourth-order valence-corrected chi connectivity index (χ4v) is 2.65. The van der Waals surface area contributed by atoms with E-state index in [0.717, 1.165) is 11.8 Å². The summed E-state index contributed by atoms with van der Waals surface area (Å²) in [5.74, 6) is 1.99. The maximum Gasteiger partial charge on any atom is -0.0289 e. The van der Waals surface area contributed by atoms with E-state index >= 15 is 0 Å². The fourth-order valence-electron chi connectivity index (χ4n) is 2.65. The highest BCUT2D eigenvalue weighted by Crippen LogP contribution is 2.35. The summed E-state index contributed by atoms with van der Waals surface area (Å²) < 4.78 is 0. The molecule has 0 heterocycles. The van der Waals surface area contributed by atoms with E-state index in [0.29, 0.717) is 0 Å². The van der Waals surface area contributed by atoms with Crippen molar-refractivity contribution < 1.29 is 0 Å². The molecule has 1 aliphatic rings. The molecule has 1 aliphatic carbocycles. The monoisotopic (exact) mass is 180 g/mol. The Balaban J connectivity index is 2.37. The number of hydrogen-bond donors (Lipinski definition) is 0. The van der Waals surface area contributed by atoms with Crippen LogP contribution in [-0.2, 0) is 0 Å². The summed E-state index contributed by atoms with van der Waals surface area (Å²) in [5, 5.41) is 0. The van der Waals surface area contributed by atoms with Crippen molar-refractivity contribution in [3.63, 3.8) is 0 Å². The van der Waals surface area contributed by atoms with Gasteiger partial charge in [-0.3, -0.25) is 0 Å². The molecule has 0 spiro atoms. The van der Waals surface area contributed by atoms with Gasteiger partial charge < -0.3 is 0 Å². The van der Waals surface area contributed by atoms with Crippen LogP contribution in [-0.4, -0.2) is 0 Å². The molecular weight excluding hydrogens is 156 g/mol. The van der Waals surface area contributed by atoms with Crippen LogP contribution in [0.15, 0.2) is 11.6 Å². The van der Waals surface area contributed by atoms with E-state index in [-0.39, 0.29) is 0 Å². The summed E-state index contributed by atoms with van der Waals surface area (Å²) in [5.41, 5.74) is 1.63. The molecule has 0 aromatic heterocycles. The van der Waals surface area contributed by atoms with Crippen molar-refractivity contribution in [1.29, 1.82) is 0 Å². The van der Waals surface area contributed by atoms with E-state index in [1.54, 1.807) is 5.57 Å². The number of allylic oxidation sites excluding steroid dienone is 2. The first-order chi connectivity index (χ1) is 6.27. The van der Waals surface area contributed by atoms with Crippen LogP contribution in [0.5, 0.6) is 0 Å². The smallest absolute Gasteiger partial charge is 0.0289 e. The van der Waals surface area contributed by atoms with Crippen molar-refractivity contribution >= 4 is 0 Å². The van der Waals surface area contributed by atoms with E-state index in [9.17, 15) is 0 Å². The lowest BCUT2D eigenvalue weighted by atomic mass is 9.83. The molecule has 0 saturated heterocycles. The van der Waals surface area contributed by atoms with Crippen LogP contribution in [0.2, 0.25) is 0 Å². The molecule has 1 unspecified atom stereocenters. The molecule has 1 rings (SSSR count). The molecule has 76 valence electrons. The normalized spacial score (nSPS) is 22.5. The maximum atomic E-state index is 2.45. The van der Waals surface area contributed by atoms with E-state index in [1.807, 2.05) is 0 Å². The quantitative estimate of drug-likeness (QED) is 0.544. The third-order valence-corrected chi connectivity index (χ3v) is 3.34. The van der Waals surface area contributed by atoms with Crippen molar-refractivity contribution in [2.45, 2.75) is 59.3 Å². The molecule has 0 heteroatoms. The Hall–Kier alpha value is -0.260. The van der Waals surface area contributed by atoms with Crippen molar-refractivity contribution in [3.05, 3.63) is 11.6 Å². The molecule has 1 atom stereocenters. The van der Waals surface area contributed by atoms with Gasteiger partial charge >= 0.3 is 0 Å². The van der Waals surface area contributed by atoms with Crippen molar-refractivity contribution in [2.24, 2.45) is 11.8 Å². The van der Waals surface area contributed by atoms with Gasteiger partial charge in [-0.2, -0.15) is 0 Å². The Bertz CT molecular complexity index is 161. The average Bonchev–Trinajstić information content (AvgIpc) is 2.51. The Morgan fingerprint density at radius 3 is 2.31 bits per heavy atom. The first-order valence-corrected chi connectivity index (χ1v) is 5.93. The number of rotatable bonds is 5. The highest BCUT2D eigenvalue weighted by atomic mass is 14.3. The van der Waals surface area contributed by atoms with Crippen LogP contribution in [0.4, 0.5) is 0 Å². The molecule has 0 aromatic carbocycles. The first kappa shape index (κ1) is 10.8. The van der Waals surface area contributed by atoms with Gasteiger partial charge in [-0.05, 0) is 31.6 Å². The van der Waals surface area contributed by atoms with Crippen LogP contribution >= 0.6 is 0 Å². The Kier molecular flexibility index (Phi) is 4.55. The topological polar surface area (TPSA) is 0 Å². The zero-order valence-electron chi connectivity index (χ0n) is 9.47. The highest BCUT2D eigenvalue weighted by Gasteiger charge is 2.22. The third-order valence-electron chi connectivity index (χ3n) is 3.34. The van der Waals surface area contributed by atoms with Gasteiger partial charge in [-0.1, -0.05) is 51.2 Å². The average molecular weight is 180 g/mol. The lowest BCUT2D eigenvalue weighted by Gasteiger charge is -2.22. The fraction of sp³-hybridized carbons (Fsp3) is 0.846. The molecule has 0 saturated carbocycles. The summed E-state index contributed by atoms with van der Waals surface area (Å²) in [6.07, 6.45) is 10.8. The predicted molar refractivity (Wildman–Crippen MR) is 59.8 cm³/mol. The SMILES string of the molecule is CCCC(CCC)C1CC=C(C)C1. The summed E-state index contributed by atoms with van der Waals surface area (Å²) in [6, 6.07) is 0. The standard InChI is InChI=1S/C13H24/c1-4-6-12(7-5-2)13-9-8-11(3)10-13/h8,12-13H,4-7,9-10H2,1-3H3. The molecule has 0 fully saturated rings. The zero-order chi connectivity index (χ0) is 9.68. The molecule has 0 amide bonds. The second-order valence-corrected chi connectivity index (χ2v) is 4.59. The van der Waals surface area contributed by atoms with Gasteiger partial charge in [0.25, 0.3) is 0 Å². The maximum absolute atomic E-state index is 2.45. The molecule has 0 aromatic rings. The molecule has 0 nitrogen and oxygen atoms in total. The van der Waals surface area contributed by atoms with Crippen LogP contribution < -0.4 is 0 Å². The third kappa shape index (κ3) is 3.17. The zero-order valence-corrected chi connectivity index (χ0v) is 9.47. The van der Waals surface area contributed by atoms with E-state index in [1.165, 1.54) is 38.5 Å². The summed E-state index contributed by atoms with van der Waals surface area (Å²) in [7, 11) is 0. The minimum atomic E-state index is 0.986. The highest BCUT2D eigenvalue weighted by molar-refractivity contribution is 5.07. The minimum absolute atomic E-state index is 0.986. The number of hydrogen-bond acceptors (Lipinski definition) is 0. The lowest BCUT2D eigenvalue weighted by molar-refractivity contribution is 0.300. The van der Waals surface area contributed by atoms with Crippen molar-refractivity contribution in [1.82, 2.24) is 0 Å². The summed E-state index contributed by atoms with van der Waals surface area (Å²) in [4.78, 5) is 0. The molecule has 0 aliphatic heterocycles. The van der Waals surface area contributed by atoms with Crippen molar-refractivity contribution in [3.8, 4) is 0 Å². The van der Waals surface area contributed by atoms with Gasteiger partial charge in [-0.15, -0.1) is 0 Å². The van der Waals surface area contributed by atoms with Crippen LogP contribution in [0.1, 0.15) is 59.3 Å². The summed E-state index contributed by atoms with van der Waals surface area (Å²) in [6.45, 7) is 6.92. The first-order valence-electron chi connectivity index (χ1n) is 5.93. The Morgan fingerprint density at radius 1 is 1.31 bits per heavy atom. The molecule has 0 bridgehead atoms. The Morgan fingerprint density at radius 2 is 1.92 bits per heavy atom. The minimum Gasteiger partial charge on any atom is -0.0853 e. The molecular formula is C13H24. The van der Waals surface area contributed by atoms with E-state index < -0.39 is 0 Å². The van der Waals surface area contributed by atoms with E-state index in [4.69, 9.17) is 0 Å². The molecule has 0 radical (unpaired) electrons.